The Labute approximate surface area is 317 Å². The Balaban J connectivity index is 1.24. The molecule has 0 bridgehead atoms. The van der Waals surface area contributed by atoms with E-state index in [0.717, 1.165) is 45.1 Å². The molecule has 2 atom stereocenters. The lowest BCUT2D eigenvalue weighted by molar-refractivity contribution is -0.120. The molecule has 0 radical (unpaired) electrons. The lowest BCUT2D eigenvalue weighted by Crippen LogP contribution is -2.57. The third kappa shape index (κ3) is 8.95. The van der Waals surface area contributed by atoms with Gasteiger partial charge in [-0.25, -0.2) is 37.0 Å². The lowest BCUT2D eigenvalue weighted by atomic mass is 10.0. The molecule has 3 N–H and O–H groups in total. The van der Waals surface area contributed by atoms with E-state index in [-0.39, 0.29) is 11.1 Å². The number of imidazole rings is 2. The highest BCUT2D eigenvalue weighted by Gasteiger charge is 2.32. The molecule has 0 aliphatic heterocycles. The van der Waals surface area contributed by atoms with E-state index in [2.05, 4.69) is 20.0 Å². The average molecular weight is 794 g/mol. The van der Waals surface area contributed by atoms with Crippen molar-refractivity contribution in [2.45, 2.75) is 24.9 Å². The molecule has 6 aromatic rings. The van der Waals surface area contributed by atoms with Crippen LogP contribution in [-0.4, -0.2) is 71.5 Å². The number of benzene rings is 4. The molecule has 0 saturated heterocycles. The van der Waals surface area contributed by atoms with Gasteiger partial charge < -0.3 is 24.3 Å². The van der Waals surface area contributed by atoms with E-state index in [9.17, 15) is 40.4 Å². The van der Waals surface area contributed by atoms with Gasteiger partial charge in [-0.1, -0.05) is 0 Å². The summed E-state index contributed by atoms with van der Waals surface area (Å²) in [6, 6.07) is 10.0. The van der Waals surface area contributed by atoms with Crippen molar-refractivity contribution in [3.8, 4) is 0 Å². The predicted octanol–water partition coefficient (Wildman–Crippen LogP) is 4.00. The monoisotopic (exact) mass is 793 g/mol. The topological polar surface area (TPSA) is 164 Å². The Hall–Kier alpha value is -6.34. The van der Waals surface area contributed by atoms with E-state index in [0.29, 0.717) is 34.5 Å². The summed E-state index contributed by atoms with van der Waals surface area (Å²) in [5.41, 5.74) is 3.12. The van der Waals surface area contributed by atoms with Crippen LogP contribution in [0.25, 0.3) is 22.1 Å². The second kappa shape index (κ2) is 15.8. The zero-order valence-electron chi connectivity index (χ0n) is 30.3. The first-order valence-electron chi connectivity index (χ1n) is 16.8. The van der Waals surface area contributed by atoms with Crippen LogP contribution in [-0.2, 0) is 46.7 Å². The number of rotatable bonds is 12. The Kier molecular flexibility index (Phi) is 11.1. The molecule has 4 aromatic carbocycles. The number of fused-ring (bicyclic) bond motifs is 2. The number of nitrogens with zero attached hydrogens (tertiary/aromatic N) is 6. The van der Waals surface area contributed by atoms with E-state index in [4.69, 9.17) is 0 Å². The first-order valence-corrected chi connectivity index (χ1v) is 18.3. The molecular formula is C37H35F4N9O5S. The van der Waals surface area contributed by atoms with Gasteiger partial charge in [0.25, 0.3) is 0 Å². The summed E-state index contributed by atoms with van der Waals surface area (Å²) in [5.74, 6) is -5.51. The van der Waals surface area contributed by atoms with E-state index < -0.39 is 76.2 Å². The SMILES string of the molecule is CN(C(=O)[C@H](Cc1cc(F)cc(F)c1)NC(=O)NS(=O)(=O)N[C@@H](Cc1cc(F)cc(F)c1)C(=O)N(C)c1ccc2c(c1)ncn2C)c1ccc2c(c1)ncn2C. The molecule has 4 amide bonds. The van der Waals surface area contributed by atoms with E-state index in [1.165, 1.54) is 14.1 Å². The number of halogens is 4. The Morgan fingerprint density at radius 3 is 1.52 bits per heavy atom. The van der Waals surface area contributed by atoms with Crippen molar-refractivity contribution in [1.29, 1.82) is 0 Å². The summed E-state index contributed by atoms with van der Waals surface area (Å²) in [5, 5.41) is 2.26. The van der Waals surface area contributed by atoms with Crippen LogP contribution >= 0.6 is 0 Å². The molecule has 0 aliphatic carbocycles. The summed E-state index contributed by atoms with van der Waals surface area (Å²) in [7, 11) is 1.31. The van der Waals surface area contributed by atoms with Crippen LogP contribution in [0.1, 0.15) is 11.1 Å². The standard InChI is InChI=1S/C37H35F4N9O5S/c1-47-19-42-29-17-27(5-7-33(29)47)49(3)35(51)31(13-21-9-23(38)15-24(39)10-21)44-37(53)46-56(54,55)45-32(14-22-11-25(40)16-26(41)12-22)36(52)50(4)28-6-8-34-30(18-28)43-20-48(34)2/h5-12,15-20,31-32,45H,13-14H2,1-4H3,(H2,44,46,53)/t31-,32-/m0/s1. The van der Waals surface area contributed by atoms with Gasteiger partial charge in [0.1, 0.15) is 35.4 Å². The number of carbonyl (C=O) groups is 3. The van der Waals surface area contributed by atoms with Crippen LogP contribution in [0.3, 0.4) is 0 Å². The first-order chi connectivity index (χ1) is 26.5. The number of urea groups is 1. The molecule has 0 fully saturated rings. The third-order valence-corrected chi connectivity index (χ3v) is 10.1. The smallest absolute Gasteiger partial charge is 0.330 e. The Morgan fingerprint density at radius 2 is 1.07 bits per heavy atom. The van der Waals surface area contributed by atoms with Crippen molar-refractivity contribution in [3.63, 3.8) is 0 Å². The number of aryl methyl sites for hydroxylation is 2. The molecule has 0 saturated carbocycles. The van der Waals surface area contributed by atoms with Crippen molar-refractivity contribution in [2.24, 2.45) is 14.1 Å². The summed E-state index contributed by atoms with van der Waals surface area (Å²) < 4.78 is 90.9. The highest BCUT2D eigenvalue weighted by Crippen LogP contribution is 2.23. The lowest BCUT2D eigenvalue weighted by Gasteiger charge is -2.26. The molecule has 0 spiro atoms. The maximum absolute atomic E-state index is 14.2. The number of amides is 4. The van der Waals surface area contributed by atoms with Crippen LogP contribution in [0, 0.1) is 23.3 Å². The molecule has 0 aliphatic rings. The minimum atomic E-state index is -4.98. The van der Waals surface area contributed by atoms with E-state index in [1.807, 2.05) is 0 Å². The van der Waals surface area contributed by atoms with Crippen molar-refractivity contribution in [1.82, 2.24) is 33.9 Å². The molecule has 0 unspecified atom stereocenters. The van der Waals surface area contributed by atoms with Crippen molar-refractivity contribution in [3.05, 3.63) is 120 Å². The fourth-order valence-corrected chi connectivity index (χ4v) is 7.14. The van der Waals surface area contributed by atoms with E-state index in [1.54, 1.807) is 77.0 Å². The van der Waals surface area contributed by atoms with Gasteiger partial charge in [-0.05, 0) is 78.2 Å². The van der Waals surface area contributed by atoms with E-state index >= 15 is 0 Å². The van der Waals surface area contributed by atoms with Gasteiger partial charge in [-0.3, -0.25) is 9.59 Å². The average Bonchev–Trinajstić information content (AvgIpc) is 3.69. The number of aromatic nitrogens is 4. The zero-order chi connectivity index (χ0) is 40.5. The van der Waals surface area contributed by atoms with Gasteiger partial charge in [-0.15, -0.1) is 0 Å². The second-order valence-corrected chi connectivity index (χ2v) is 14.6. The summed E-state index contributed by atoms with van der Waals surface area (Å²) in [4.78, 5) is 51.9. The molecule has 14 nitrogen and oxygen atoms in total. The fourth-order valence-electron chi connectivity index (χ4n) is 6.22. The second-order valence-electron chi connectivity index (χ2n) is 13.1. The minimum absolute atomic E-state index is 0.0318. The zero-order valence-corrected chi connectivity index (χ0v) is 31.1. The molecule has 19 heteroatoms. The van der Waals surface area contributed by atoms with Crippen LogP contribution < -0.4 is 24.6 Å². The minimum Gasteiger partial charge on any atom is -0.334 e. The molecule has 56 heavy (non-hydrogen) atoms. The third-order valence-electron chi connectivity index (χ3n) is 9.00. The predicted molar refractivity (Wildman–Crippen MR) is 200 cm³/mol. The maximum atomic E-state index is 14.2. The highest BCUT2D eigenvalue weighted by molar-refractivity contribution is 7.88. The molecule has 2 heterocycles. The van der Waals surface area contributed by atoms with Gasteiger partial charge in [-0.2, -0.15) is 13.1 Å². The van der Waals surface area contributed by atoms with Gasteiger partial charge >= 0.3 is 16.2 Å². The summed E-state index contributed by atoms with van der Waals surface area (Å²) in [6.45, 7) is 0. The Morgan fingerprint density at radius 1 is 0.661 bits per heavy atom. The quantitative estimate of drug-likeness (QED) is 0.158. The number of hydrogen-bond acceptors (Lipinski definition) is 7. The summed E-state index contributed by atoms with van der Waals surface area (Å²) in [6.07, 6.45) is 2.12. The van der Waals surface area contributed by atoms with Gasteiger partial charge in [0.15, 0.2) is 0 Å². The van der Waals surface area contributed by atoms with Gasteiger partial charge in [0.05, 0.1) is 34.7 Å². The number of anilines is 2. The number of likely N-dealkylation sites (N-methyl/N-ethyl adjacent to an activating group) is 2. The number of hydrogen-bond donors (Lipinski definition) is 3. The van der Waals surface area contributed by atoms with Crippen LogP contribution in [0.2, 0.25) is 0 Å². The molecule has 2 aromatic heterocycles. The van der Waals surface area contributed by atoms with Crippen molar-refractivity contribution >= 4 is 61.5 Å². The number of carbonyl (C=O) groups excluding carboxylic acids is 3. The molecule has 6 rings (SSSR count). The maximum Gasteiger partial charge on any atom is 0.330 e. The highest BCUT2D eigenvalue weighted by atomic mass is 32.2. The number of nitrogens with one attached hydrogen (secondary N) is 3. The largest absolute Gasteiger partial charge is 0.334 e. The van der Waals surface area contributed by atoms with Crippen molar-refractivity contribution < 1.29 is 40.4 Å². The van der Waals surface area contributed by atoms with Crippen LogP contribution in [0.15, 0.2) is 85.5 Å². The Bertz CT molecular complexity index is 2560. The van der Waals surface area contributed by atoms with Gasteiger partial charge in [0.2, 0.25) is 11.8 Å². The van der Waals surface area contributed by atoms with Gasteiger partial charge in [0, 0.05) is 58.1 Å². The van der Waals surface area contributed by atoms with Crippen molar-refractivity contribution in [2.75, 3.05) is 23.9 Å². The molecular weight excluding hydrogens is 759 g/mol. The first kappa shape index (κ1) is 39.4. The molecule has 292 valence electrons. The summed E-state index contributed by atoms with van der Waals surface area (Å²) >= 11 is 0. The normalized spacial score (nSPS) is 12.7. The fraction of sp³-hybridized carbons (Fsp3) is 0.216. The van der Waals surface area contributed by atoms with Crippen LogP contribution in [0.4, 0.5) is 33.7 Å². The van der Waals surface area contributed by atoms with Crippen LogP contribution in [0.5, 0.6) is 0 Å².